The van der Waals surface area contributed by atoms with E-state index in [-0.39, 0.29) is 12.5 Å². The van der Waals surface area contributed by atoms with Crippen LogP contribution in [-0.4, -0.2) is 30.3 Å². The van der Waals surface area contributed by atoms with E-state index in [2.05, 4.69) is 5.32 Å². The Hall–Kier alpha value is -1.75. The van der Waals surface area contributed by atoms with Crippen LogP contribution in [0, 0.1) is 0 Å². The topological polar surface area (TPSA) is 84.6 Å². The molecule has 1 amide bonds. The first-order valence-electron chi connectivity index (χ1n) is 6.33. The lowest BCUT2D eigenvalue weighted by atomic mass is 10.0. The number of hydrogen-bond acceptors (Lipinski definition) is 4. The van der Waals surface area contributed by atoms with Crippen molar-refractivity contribution in [2.24, 2.45) is 0 Å². The number of nitrogen functional groups attached to an aromatic ring is 1. The van der Waals surface area contributed by atoms with E-state index in [0.717, 1.165) is 6.42 Å². The Bertz CT molecular complexity index is 444. The fourth-order valence-electron chi connectivity index (χ4n) is 1.88. The molecule has 1 atom stereocenters. The third-order valence-corrected chi connectivity index (χ3v) is 2.91. The van der Waals surface area contributed by atoms with Gasteiger partial charge in [0, 0.05) is 12.1 Å². The molecule has 19 heavy (non-hydrogen) atoms. The number of nitrogens with one attached hydrogen (secondary N) is 1. The molecule has 1 unspecified atom stereocenters. The van der Waals surface area contributed by atoms with Crippen molar-refractivity contribution in [1.29, 1.82) is 0 Å². The van der Waals surface area contributed by atoms with Gasteiger partial charge in [-0.3, -0.25) is 4.79 Å². The van der Waals surface area contributed by atoms with Crippen molar-refractivity contribution >= 4 is 11.6 Å². The van der Waals surface area contributed by atoms with Crippen molar-refractivity contribution in [3.8, 4) is 5.75 Å². The number of methoxy groups -OCH3 is 1. The zero-order valence-electron chi connectivity index (χ0n) is 11.7. The molecule has 0 aliphatic rings. The number of carbonyl (C=O) groups is 1. The summed E-state index contributed by atoms with van der Waals surface area (Å²) in [5.41, 5.74) is 5.72. The molecule has 0 fully saturated rings. The van der Waals surface area contributed by atoms with Crippen LogP contribution in [0.25, 0.3) is 0 Å². The van der Waals surface area contributed by atoms with E-state index in [4.69, 9.17) is 10.5 Å². The van der Waals surface area contributed by atoms with E-state index in [1.165, 1.54) is 7.11 Å². The minimum absolute atomic E-state index is 0.214. The Kier molecular flexibility index (Phi) is 5.18. The summed E-state index contributed by atoms with van der Waals surface area (Å²) in [6.07, 6.45) is 1.50. The van der Waals surface area contributed by atoms with Crippen molar-refractivity contribution in [2.75, 3.05) is 19.4 Å². The zero-order chi connectivity index (χ0) is 14.5. The summed E-state index contributed by atoms with van der Waals surface area (Å²) in [5.74, 6) is 0.278. The Morgan fingerprint density at radius 1 is 1.53 bits per heavy atom. The van der Waals surface area contributed by atoms with Crippen LogP contribution in [0.15, 0.2) is 18.2 Å². The molecule has 106 valence electrons. The molecule has 1 rings (SSSR count). The minimum atomic E-state index is -0.886. The number of anilines is 1. The highest BCUT2D eigenvalue weighted by molar-refractivity contribution is 5.95. The van der Waals surface area contributed by atoms with Gasteiger partial charge in [-0.15, -0.1) is 0 Å². The summed E-state index contributed by atoms with van der Waals surface area (Å²) in [6.45, 7) is 3.91. The average Bonchev–Trinajstić information content (AvgIpc) is 2.36. The number of benzene rings is 1. The largest absolute Gasteiger partial charge is 0.495 e. The van der Waals surface area contributed by atoms with Crippen molar-refractivity contribution in [3.63, 3.8) is 0 Å². The summed E-state index contributed by atoms with van der Waals surface area (Å²) < 4.78 is 5.03. The van der Waals surface area contributed by atoms with Crippen molar-refractivity contribution in [3.05, 3.63) is 23.8 Å². The predicted octanol–water partition coefficient (Wildman–Crippen LogP) is 1.56. The highest BCUT2D eigenvalue weighted by atomic mass is 16.5. The van der Waals surface area contributed by atoms with Gasteiger partial charge in [-0.1, -0.05) is 13.3 Å². The molecule has 4 N–H and O–H groups in total. The van der Waals surface area contributed by atoms with E-state index in [9.17, 15) is 9.90 Å². The molecule has 5 heteroatoms. The van der Waals surface area contributed by atoms with Gasteiger partial charge in [0.25, 0.3) is 5.91 Å². The highest BCUT2D eigenvalue weighted by Crippen LogP contribution is 2.21. The third kappa shape index (κ3) is 4.44. The van der Waals surface area contributed by atoms with Crippen LogP contribution in [0.4, 0.5) is 5.69 Å². The Morgan fingerprint density at radius 3 is 2.74 bits per heavy atom. The fourth-order valence-corrected chi connectivity index (χ4v) is 1.88. The van der Waals surface area contributed by atoms with Gasteiger partial charge in [-0.05, 0) is 31.5 Å². The fraction of sp³-hybridized carbons (Fsp3) is 0.500. The number of carbonyl (C=O) groups excluding carboxylic acids is 1. The van der Waals surface area contributed by atoms with Crippen LogP contribution in [-0.2, 0) is 0 Å². The molecule has 0 heterocycles. The summed E-state index contributed by atoms with van der Waals surface area (Å²) in [6, 6.07) is 4.84. The molecular weight excluding hydrogens is 244 g/mol. The molecule has 0 saturated carbocycles. The third-order valence-electron chi connectivity index (χ3n) is 2.91. The molecule has 1 aromatic carbocycles. The van der Waals surface area contributed by atoms with Gasteiger partial charge in [0.05, 0.1) is 18.4 Å². The van der Waals surface area contributed by atoms with Gasteiger partial charge in [0.2, 0.25) is 0 Å². The number of hydrogen-bond donors (Lipinski definition) is 3. The maximum atomic E-state index is 11.9. The van der Waals surface area contributed by atoms with E-state index in [1.807, 2.05) is 6.92 Å². The summed E-state index contributed by atoms with van der Waals surface area (Å²) in [7, 11) is 1.52. The maximum absolute atomic E-state index is 11.9. The highest BCUT2D eigenvalue weighted by Gasteiger charge is 2.20. The van der Waals surface area contributed by atoms with Crippen molar-refractivity contribution < 1.29 is 14.6 Å². The van der Waals surface area contributed by atoms with E-state index < -0.39 is 5.60 Å². The summed E-state index contributed by atoms with van der Waals surface area (Å²) >= 11 is 0. The molecule has 0 spiro atoms. The lowest BCUT2D eigenvalue weighted by molar-refractivity contribution is 0.0469. The second kappa shape index (κ2) is 6.43. The van der Waals surface area contributed by atoms with Gasteiger partial charge >= 0.3 is 0 Å². The maximum Gasteiger partial charge on any atom is 0.251 e. The van der Waals surface area contributed by atoms with Gasteiger partial charge < -0.3 is 20.9 Å². The number of amides is 1. The van der Waals surface area contributed by atoms with E-state index in [0.29, 0.717) is 23.4 Å². The molecular formula is C14H22N2O3. The molecule has 0 bridgehead atoms. The first-order chi connectivity index (χ1) is 8.89. The first kappa shape index (κ1) is 15.3. The summed E-state index contributed by atoms with van der Waals surface area (Å²) in [4.78, 5) is 11.9. The normalized spacial score (nSPS) is 13.7. The minimum Gasteiger partial charge on any atom is -0.495 e. The Balaban J connectivity index is 2.66. The molecule has 0 saturated heterocycles. The van der Waals surface area contributed by atoms with Crippen LogP contribution >= 0.6 is 0 Å². The second-order valence-electron chi connectivity index (χ2n) is 4.89. The predicted molar refractivity (Wildman–Crippen MR) is 75.3 cm³/mol. The average molecular weight is 266 g/mol. The van der Waals surface area contributed by atoms with E-state index >= 15 is 0 Å². The number of nitrogens with two attached hydrogens (primary N) is 1. The molecule has 0 aromatic heterocycles. The van der Waals surface area contributed by atoms with Crippen LogP contribution in [0.5, 0.6) is 5.75 Å². The molecule has 1 aromatic rings. The van der Waals surface area contributed by atoms with Crippen LogP contribution in [0.3, 0.4) is 0 Å². The second-order valence-corrected chi connectivity index (χ2v) is 4.89. The van der Waals surface area contributed by atoms with Crippen LogP contribution in [0.1, 0.15) is 37.0 Å². The van der Waals surface area contributed by atoms with E-state index in [1.54, 1.807) is 25.1 Å². The van der Waals surface area contributed by atoms with Gasteiger partial charge in [0.1, 0.15) is 5.75 Å². The van der Waals surface area contributed by atoms with Gasteiger partial charge in [0.15, 0.2) is 0 Å². The SMILES string of the molecule is CCCC(C)(O)CNC(=O)c1ccc(OC)c(N)c1. The number of aliphatic hydroxyl groups is 1. The van der Waals surface area contributed by atoms with Crippen LogP contribution < -0.4 is 15.8 Å². The lowest BCUT2D eigenvalue weighted by Crippen LogP contribution is -2.40. The summed E-state index contributed by atoms with van der Waals surface area (Å²) in [5, 5.41) is 12.7. The van der Waals surface area contributed by atoms with Crippen molar-refractivity contribution in [2.45, 2.75) is 32.3 Å². The molecule has 0 aliphatic carbocycles. The zero-order valence-corrected chi connectivity index (χ0v) is 11.7. The van der Waals surface area contributed by atoms with Gasteiger partial charge in [-0.25, -0.2) is 0 Å². The Labute approximate surface area is 113 Å². The monoisotopic (exact) mass is 266 g/mol. The smallest absolute Gasteiger partial charge is 0.251 e. The number of rotatable bonds is 6. The quantitative estimate of drug-likeness (QED) is 0.682. The standard InChI is InChI=1S/C14H22N2O3/c1-4-7-14(2,18)9-16-13(17)10-5-6-12(19-3)11(15)8-10/h5-6,8,18H,4,7,9,15H2,1-3H3,(H,16,17). The van der Waals surface area contributed by atoms with Crippen LogP contribution in [0.2, 0.25) is 0 Å². The number of ether oxygens (including phenoxy) is 1. The lowest BCUT2D eigenvalue weighted by Gasteiger charge is -2.23. The molecule has 0 aliphatic heterocycles. The van der Waals surface area contributed by atoms with Gasteiger partial charge in [-0.2, -0.15) is 0 Å². The first-order valence-corrected chi connectivity index (χ1v) is 6.33. The van der Waals surface area contributed by atoms with Crippen molar-refractivity contribution in [1.82, 2.24) is 5.32 Å². The molecule has 5 nitrogen and oxygen atoms in total. The Morgan fingerprint density at radius 2 is 2.21 bits per heavy atom. The molecule has 0 radical (unpaired) electrons.